The average Bonchev–Trinajstić information content (AvgIpc) is 2.42. The molecule has 78 valence electrons. The molecule has 0 amide bonds. The van der Waals surface area contributed by atoms with Gasteiger partial charge in [0.15, 0.2) is 0 Å². The molecule has 14 heavy (non-hydrogen) atoms. The van der Waals surface area contributed by atoms with Gasteiger partial charge in [0.2, 0.25) is 0 Å². The molecule has 2 heteroatoms. The molecule has 1 unspecified atom stereocenters. The van der Waals surface area contributed by atoms with E-state index in [1.54, 1.807) is 0 Å². The highest BCUT2D eigenvalue weighted by molar-refractivity contribution is 5.32. The summed E-state index contributed by atoms with van der Waals surface area (Å²) < 4.78 is 2.36. The molecule has 0 aliphatic heterocycles. The first kappa shape index (κ1) is 9.78. The molecular formula is C12H19NO. The smallest absolute Gasteiger partial charge is 0.0807 e. The van der Waals surface area contributed by atoms with Gasteiger partial charge < -0.3 is 9.67 Å². The highest BCUT2D eigenvalue weighted by Gasteiger charge is 2.23. The summed E-state index contributed by atoms with van der Waals surface area (Å²) in [6, 6.07) is 2.66. The fourth-order valence-corrected chi connectivity index (χ4v) is 2.62. The lowest BCUT2D eigenvalue weighted by Gasteiger charge is -2.22. The van der Waals surface area contributed by atoms with E-state index >= 15 is 0 Å². The number of hydrogen-bond acceptors (Lipinski definition) is 1. The maximum atomic E-state index is 9.87. The molecule has 1 N–H and O–H groups in total. The molecule has 1 aromatic rings. The van der Waals surface area contributed by atoms with Gasteiger partial charge in [-0.3, -0.25) is 0 Å². The number of aliphatic hydroxyl groups excluding tert-OH is 1. The SMILES string of the molecule is Cc1cc2c(n1C(C)C)CCCC2O. The van der Waals surface area contributed by atoms with Crippen LogP contribution < -0.4 is 0 Å². The minimum Gasteiger partial charge on any atom is -0.388 e. The summed E-state index contributed by atoms with van der Waals surface area (Å²) in [6.45, 7) is 6.54. The van der Waals surface area contributed by atoms with E-state index in [2.05, 4.69) is 31.4 Å². The normalized spacial score (nSPS) is 21.4. The van der Waals surface area contributed by atoms with Gasteiger partial charge in [0.25, 0.3) is 0 Å². The molecule has 0 spiro atoms. The number of fused-ring (bicyclic) bond motifs is 1. The van der Waals surface area contributed by atoms with Crippen molar-refractivity contribution < 1.29 is 5.11 Å². The Morgan fingerprint density at radius 1 is 1.50 bits per heavy atom. The first-order valence-electron chi connectivity index (χ1n) is 5.50. The van der Waals surface area contributed by atoms with Gasteiger partial charge in [-0.1, -0.05) is 0 Å². The van der Waals surface area contributed by atoms with Gasteiger partial charge in [-0.15, -0.1) is 0 Å². The van der Waals surface area contributed by atoms with Crippen LogP contribution in [0.25, 0.3) is 0 Å². The summed E-state index contributed by atoms with van der Waals surface area (Å²) in [4.78, 5) is 0. The molecule has 0 saturated carbocycles. The molecule has 1 atom stereocenters. The van der Waals surface area contributed by atoms with E-state index in [9.17, 15) is 5.11 Å². The van der Waals surface area contributed by atoms with Crippen LogP contribution in [-0.4, -0.2) is 9.67 Å². The van der Waals surface area contributed by atoms with Gasteiger partial charge in [-0.2, -0.15) is 0 Å². The monoisotopic (exact) mass is 193 g/mol. The van der Waals surface area contributed by atoms with E-state index in [0.29, 0.717) is 6.04 Å². The number of aryl methyl sites for hydroxylation is 1. The zero-order valence-electron chi connectivity index (χ0n) is 9.25. The second-order valence-electron chi connectivity index (χ2n) is 4.56. The Kier molecular flexibility index (Phi) is 2.40. The molecule has 0 saturated heterocycles. The molecule has 1 heterocycles. The highest BCUT2D eigenvalue weighted by Crippen LogP contribution is 2.33. The molecule has 1 aromatic heterocycles. The second-order valence-corrected chi connectivity index (χ2v) is 4.56. The van der Waals surface area contributed by atoms with E-state index in [-0.39, 0.29) is 6.10 Å². The van der Waals surface area contributed by atoms with Crippen LogP contribution in [0.3, 0.4) is 0 Å². The van der Waals surface area contributed by atoms with Crippen LogP contribution in [0, 0.1) is 6.92 Å². The lowest BCUT2D eigenvalue weighted by molar-refractivity contribution is 0.155. The Labute approximate surface area is 85.6 Å². The largest absolute Gasteiger partial charge is 0.388 e. The Bertz CT molecular complexity index is 338. The van der Waals surface area contributed by atoms with E-state index in [4.69, 9.17) is 0 Å². The third-order valence-electron chi connectivity index (χ3n) is 3.13. The Balaban J connectivity index is 2.51. The number of aliphatic hydroxyl groups is 1. The van der Waals surface area contributed by atoms with Crippen LogP contribution in [0.4, 0.5) is 0 Å². The zero-order chi connectivity index (χ0) is 10.3. The van der Waals surface area contributed by atoms with Crippen molar-refractivity contribution in [3.8, 4) is 0 Å². The van der Waals surface area contributed by atoms with Gasteiger partial charge in [0, 0.05) is 23.0 Å². The molecular weight excluding hydrogens is 174 g/mol. The van der Waals surface area contributed by atoms with E-state index in [1.807, 2.05) is 0 Å². The summed E-state index contributed by atoms with van der Waals surface area (Å²) in [5.41, 5.74) is 3.81. The van der Waals surface area contributed by atoms with Crippen molar-refractivity contribution in [2.75, 3.05) is 0 Å². The quantitative estimate of drug-likeness (QED) is 0.729. The third-order valence-corrected chi connectivity index (χ3v) is 3.13. The summed E-state index contributed by atoms with van der Waals surface area (Å²) in [6.07, 6.45) is 2.94. The minimum absolute atomic E-state index is 0.225. The number of rotatable bonds is 1. The summed E-state index contributed by atoms with van der Waals surface area (Å²) in [5.74, 6) is 0. The molecule has 2 rings (SSSR count). The van der Waals surface area contributed by atoms with Crippen LogP contribution in [0.2, 0.25) is 0 Å². The van der Waals surface area contributed by atoms with Crippen LogP contribution in [0.15, 0.2) is 6.07 Å². The standard InChI is InChI=1S/C12H19NO/c1-8(2)13-9(3)7-10-11(13)5-4-6-12(10)14/h7-8,12,14H,4-6H2,1-3H3. The molecule has 1 aliphatic carbocycles. The lowest BCUT2D eigenvalue weighted by Crippen LogP contribution is -2.13. The Hall–Kier alpha value is -0.760. The predicted octanol–water partition coefficient (Wildman–Crippen LogP) is 2.75. The number of hydrogen-bond donors (Lipinski definition) is 1. The van der Waals surface area contributed by atoms with Crippen molar-refractivity contribution in [1.29, 1.82) is 0 Å². The predicted molar refractivity (Wildman–Crippen MR) is 57.5 cm³/mol. The van der Waals surface area contributed by atoms with Crippen LogP contribution in [0.1, 0.15) is 55.8 Å². The molecule has 0 radical (unpaired) electrons. The van der Waals surface area contributed by atoms with Crippen molar-refractivity contribution in [1.82, 2.24) is 4.57 Å². The Morgan fingerprint density at radius 3 is 2.86 bits per heavy atom. The van der Waals surface area contributed by atoms with Gasteiger partial charge in [-0.25, -0.2) is 0 Å². The summed E-state index contributed by atoms with van der Waals surface area (Å²) in [7, 11) is 0. The van der Waals surface area contributed by atoms with Crippen molar-refractivity contribution in [3.05, 3.63) is 23.0 Å². The fraction of sp³-hybridized carbons (Fsp3) is 0.667. The van der Waals surface area contributed by atoms with Gasteiger partial charge in [-0.05, 0) is 46.1 Å². The fourth-order valence-electron chi connectivity index (χ4n) is 2.62. The topological polar surface area (TPSA) is 25.2 Å². The van der Waals surface area contributed by atoms with Crippen molar-refractivity contribution >= 4 is 0 Å². The average molecular weight is 193 g/mol. The van der Waals surface area contributed by atoms with Crippen LogP contribution in [0.5, 0.6) is 0 Å². The maximum Gasteiger partial charge on any atom is 0.0807 e. The molecule has 0 bridgehead atoms. The summed E-state index contributed by atoms with van der Waals surface area (Å²) >= 11 is 0. The van der Waals surface area contributed by atoms with Crippen molar-refractivity contribution in [3.63, 3.8) is 0 Å². The van der Waals surface area contributed by atoms with Gasteiger partial charge >= 0.3 is 0 Å². The summed E-state index contributed by atoms with van der Waals surface area (Å²) in [5, 5.41) is 9.87. The third kappa shape index (κ3) is 1.38. The van der Waals surface area contributed by atoms with Crippen molar-refractivity contribution in [2.24, 2.45) is 0 Å². The minimum atomic E-state index is -0.225. The highest BCUT2D eigenvalue weighted by atomic mass is 16.3. The van der Waals surface area contributed by atoms with Crippen LogP contribution >= 0.6 is 0 Å². The molecule has 1 aliphatic rings. The van der Waals surface area contributed by atoms with Crippen molar-refractivity contribution in [2.45, 2.75) is 52.2 Å². The lowest BCUT2D eigenvalue weighted by atomic mass is 9.95. The molecule has 2 nitrogen and oxygen atoms in total. The van der Waals surface area contributed by atoms with E-state index in [1.165, 1.54) is 17.0 Å². The zero-order valence-corrected chi connectivity index (χ0v) is 9.25. The molecule has 0 fully saturated rings. The van der Waals surface area contributed by atoms with Gasteiger partial charge in [0.1, 0.15) is 0 Å². The first-order valence-corrected chi connectivity index (χ1v) is 5.50. The number of aromatic nitrogens is 1. The van der Waals surface area contributed by atoms with Gasteiger partial charge in [0.05, 0.1) is 6.10 Å². The van der Waals surface area contributed by atoms with E-state index in [0.717, 1.165) is 19.3 Å². The second kappa shape index (κ2) is 3.43. The first-order chi connectivity index (χ1) is 6.61. The van der Waals surface area contributed by atoms with E-state index < -0.39 is 0 Å². The Morgan fingerprint density at radius 2 is 2.21 bits per heavy atom. The maximum absolute atomic E-state index is 9.87. The van der Waals surface area contributed by atoms with Crippen LogP contribution in [-0.2, 0) is 6.42 Å². The molecule has 0 aromatic carbocycles. The number of nitrogens with zero attached hydrogens (tertiary/aromatic N) is 1.